The molecule has 18 heavy (non-hydrogen) atoms. The van der Waals surface area contributed by atoms with Gasteiger partial charge in [0.05, 0.1) is 8.45 Å². The molecule has 1 atom stereocenters. The molecule has 0 fully saturated rings. The zero-order chi connectivity index (χ0) is 13.9. The number of hydrogen-bond acceptors (Lipinski definition) is 3. The number of halogens is 1. The minimum Gasteiger partial charge on any atom is -0.350 e. The molecule has 100 valence electrons. The first kappa shape index (κ1) is 15.4. The average Bonchev–Trinajstić information content (AvgIpc) is 2.62. The third-order valence-electron chi connectivity index (χ3n) is 2.07. The third-order valence-corrected chi connectivity index (χ3v) is 3.86. The van der Waals surface area contributed by atoms with Crippen LogP contribution in [0, 0.1) is 2.88 Å². The monoisotopic (exact) mass is 380 g/mol. The van der Waals surface area contributed by atoms with E-state index in [1.807, 2.05) is 20.8 Å². The van der Waals surface area contributed by atoms with Crippen molar-refractivity contribution in [3.05, 3.63) is 19.9 Å². The van der Waals surface area contributed by atoms with Crippen molar-refractivity contribution in [3.8, 4) is 0 Å². The van der Waals surface area contributed by atoms with Crippen molar-refractivity contribution in [1.82, 2.24) is 10.6 Å². The van der Waals surface area contributed by atoms with E-state index in [9.17, 15) is 9.59 Å². The first-order valence-corrected chi connectivity index (χ1v) is 7.52. The summed E-state index contributed by atoms with van der Waals surface area (Å²) in [5, 5.41) is 7.30. The second kappa shape index (κ2) is 6.01. The second-order valence-corrected chi connectivity index (χ2v) is 7.88. The summed E-state index contributed by atoms with van der Waals surface area (Å²) in [7, 11) is 0. The van der Waals surface area contributed by atoms with Gasteiger partial charge in [-0.2, -0.15) is 0 Å². The van der Waals surface area contributed by atoms with Gasteiger partial charge in [0.2, 0.25) is 5.91 Å². The van der Waals surface area contributed by atoms with Gasteiger partial charge in [0, 0.05) is 10.9 Å². The molecule has 4 nitrogen and oxygen atoms in total. The van der Waals surface area contributed by atoms with E-state index in [4.69, 9.17) is 0 Å². The highest BCUT2D eigenvalue weighted by atomic mass is 127. The molecule has 0 saturated carbocycles. The molecule has 6 heteroatoms. The van der Waals surface area contributed by atoms with Crippen LogP contribution in [0.3, 0.4) is 0 Å². The number of carbonyl (C=O) groups is 2. The number of carbonyl (C=O) groups excluding carboxylic acids is 2. The summed E-state index contributed by atoms with van der Waals surface area (Å²) in [5.74, 6) is -0.397. The number of hydrogen-bond donors (Lipinski definition) is 2. The van der Waals surface area contributed by atoms with Crippen LogP contribution in [-0.4, -0.2) is 23.4 Å². The Bertz CT molecular complexity index is 451. The normalized spacial score (nSPS) is 12.9. The molecule has 0 bridgehead atoms. The van der Waals surface area contributed by atoms with E-state index < -0.39 is 6.04 Å². The van der Waals surface area contributed by atoms with E-state index in [2.05, 4.69) is 33.2 Å². The standard InChI is InChI=1S/C12H17IN2O2S/c1-7(10(16)15-12(2,3)4)14-11(17)8-5-9(13)18-6-8/h5-7H,1-4H3,(H,14,17)(H,15,16). The second-order valence-electron chi connectivity index (χ2n) is 5.07. The smallest absolute Gasteiger partial charge is 0.252 e. The molecular weight excluding hydrogens is 363 g/mol. The van der Waals surface area contributed by atoms with Crippen molar-refractivity contribution in [2.24, 2.45) is 0 Å². The van der Waals surface area contributed by atoms with Gasteiger partial charge in [-0.3, -0.25) is 9.59 Å². The molecule has 0 saturated heterocycles. The van der Waals surface area contributed by atoms with Gasteiger partial charge < -0.3 is 10.6 Å². The summed E-state index contributed by atoms with van der Waals surface area (Å²) in [6.07, 6.45) is 0. The Labute approximate surface area is 125 Å². The molecular formula is C12H17IN2O2S. The largest absolute Gasteiger partial charge is 0.350 e. The van der Waals surface area contributed by atoms with E-state index in [0.717, 1.165) is 2.88 Å². The van der Waals surface area contributed by atoms with Crippen LogP contribution in [0.2, 0.25) is 0 Å². The lowest BCUT2D eigenvalue weighted by Crippen LogP contribution is -2.50. The Morgan fingerprint density at radius 1 is 1.39 bits per heavy atom. The van der Waals surface area contributed by atoms with Crippen molar-refractivity contribution < 1.29 is 9.59 Å². The zero-order valence-electron chi connectivity index (χ0n) is 10.8. The first-order chi connectivity index (χ1) is 8.19. The fourth-order valence-electron chi connectivity index (χ4n) is 1.25. The van der Waals surface area contributed by atoms with Crippen molar-refractivity contribution >= 4 is 45.7 Å². The number of rotatable bonds is 3. The van der Waals surface area contributed by atoms with Crippen LogP contribution in [0.1, 0.15) is 38.1 Å². The zero-order valence-corrected chi connectivity index (χ0v) is 13.8. The van der Waals surface area contributed by atoms with E-state index >= 15 is 0 Å². The fraction of sp³-hybridized carbons (Fsp3) is 0.500. The van der Waals surface area contributed by atoms with Crippen LogP contribution in [0.25, 0.3) is 0 Å². The van der Waals surface area contributed by atoms with Crippen molar-refractivity contribution in [2.75, 3.05) is 0 Å². The van der Waals surface area contributed by atoms with Crippen LogP contribution in [-0.2, 0) is 4.79 Å². The summed E-state index contributed by atoms with van der Waals surface area (Å²) in [5.41, 5.74) is 0.299. The van der Waals surface area contributed by atoms with Gasteiger partial charge in [0.25, 0.3) is 5.91 Å². The molecule has 1 aromatic heterocycles. The van der Waals surface area contributed by atoms with Crippen LogP contribution in [0.4, 0.5) is 0 Å². The maximum absolute atomic E-state index is 11.9. The van der Waals surface area contributed by atoms with Gasteiger partial charge in [-0.1, -0.05) is 0 Å². The van der Waals surface area contributed by atoms with Crippen molar-refractivity contribution in [2.45, 2.75) is 39.3 Å². The Kier molecular flexibility index (Phi) is 5.15. The molecule has 0 spiro atoms. The van der Waals surface area contributed by atoms with Gasteiger partial charge >= 0.3 is 0 Å². The summed E-state index contributed by atoms with van der Waals surface area (Å²) in [4.78, 5) is 23.7. The quantitative estimate of drug-likeness (QED) is 0.792. The predicted molar refractivity (Wildman–Crippen MR) is 81.9 cm³/mol. The van der Waals surface area contributed by atoms with E-state index in [1.165, 1.54) is 11.3 Å². The topological polar surface area (TPSA) is 58.2 Å². The fourth-order valence-corrected chi connectivity index (χ4v) is 2.58. The molecule has 0 aliphatic heterocycles. The van der Waals surface area contributed by atoms with Crippen LogP contribution in [0.5, 0.6) is 0 Å². The third kappa shape index (κ3) is 4.93. The predicted octanol–water partition coefficient (Wildman–Crippen LogP) is 2.39. The summed E-state index contributed by atoms with van der Waals surface area (Å²) < 4.78 is 1.05. The summed E-state index contributed by atoms with van der Waals surface area (Å²) in [6, 6.07) is 1.25. The lowest BCUT2D eigenvalue weighted by Gasteiger charge is -2.23. The maximum Gasteiger partial charge on any atom is 0.252 e. The highest BCUT2D eigenvalue weighted by Crippen LogP contribution is 2.16. The summed E-state index contributed by atoms with van der Waals surface area (Å²) in [6.45, 7) is 7.39. The van der Waals surface area contributed by atoms with Crippen molar-refractivity contribution in [1.29, 1.82) is 0 Å². The van der Waals surface area contributed by atoms with Gasteiger partial charge in [-0.25, -0.2) is 0 Å². The molecule has 0 aromatic carbocycles. The van der Waals surface area contributed by atoms with Gasteiger partial charge in [-0.05, 0) is 56.4 Å². The van der Waals surface area contributed by atoms with E-state index in [0.29, 0.717) is 5.56 Å². The highest BCUT2D eigenvalue weighted by molar-refractivity contribution is 14.1. The Hall–Kier alpha value is -0.630. The molecule has 1 rings (SSSR count). The lowest BCUT2D eigenvalue weighted by atomic mass is 10.1. The summed E-state index contributed by atoms with van der Waals surface area (Å²) >= 11 is 3.66. The van der Waals surface area contributed by atoms with Crippen LogP contribution >= 0.6 is 33.9 Å². The van der Waals surface area contributed by atoms with Crippen LogP contribution < -0.4 is 10.6 Å². The number of thiophene rings is 1. The molecule has 2 amide bonds. The minimum absolute atomic E-state index is 0.180. The van der Waals surface area contributed by atoms with Gasteiger partial charge in [0.15, 0.2) is 0 Å². The van der Waals surface area contributed by atoms with E-state index in [-0.39, 0.29) is 17.4 Å². The molecule has 1 unspecified atom stereocenters. The maximum atomic E-state index is 11.9. The SMILES string of the molecule is CC(NC(=O)c1csc(I)c1)C(=O)NC(C)(C)C. The first-order valence-electron chi connectivity index (χ1n) is 5.56. The van der Waals surface area contributed by atoms with Gasteiger partial charge in [0.1, 0.15) is 6.04 Å². The Morgan fingerprint density at radius 2 is 2.00 bits per heavy atom. The molecule has 0 aliphatic carbocycles. The lowest BCUT2D eigenvalue weighted by molar-refractivity contribution is -0.124. The van der Waals surface area contributed by atoms with Crippen LogP contribution in [0.15, 0.2) is 11.4 Å². The molecule has 0 radical (unpaired) electrons. The van der Waals surface area contributed by atoms with Gasteiger partial charge in [-0.15, -0.1) is 11.3 Å². The average molecular weight is 380 g/mol. The Morgan fingerprint density at radius 3 is 2.44 bits per heavy atom. The molecule has 1 aromatic rings. The van der Waals surface area contributed by atoms with Crippen molar-refractivity contribution in [3.63, 3.8) is 0 Å². The number of nitrogens with one attached hydrogen (secondary N) is 2. The number of amides is 2. The minimum atomic E-state index is -0.547. The Balaban J connectivity index is 2.57. The molecule has 1 heterocycles. The highest BCUT2D eigenvalue weighted by Gasteiger charge is 2.21. The van der Waals surface area contributed by atoms with E-state index in [1.54, 1.807) is 18.4 Å². The molecule has 0 aliphatic rings. The molecule has 2 N–H and O–H groups in total.